The summed E-state index contributed by atoms with van der Waals surface area (Å²) in [6, 6.07) is 3.26. The summed E-state index contributed by atoms with van der Waals surface area (Å²) in [5, 5.41) is 5.71. The normalized spacial score (nSPS) is 30.1. The maximum atomic E-state index is 14.6. The molecule has 3 aliphatic heterocycles. The Morgan fingerprint density at radius 3 is 2.61 bits per heavy atom. The van der Waals surface area contributed by atoms with E-state index >= 15 is 0 Å². The van der Waals surface area contributed by atoms with E-state index in [1.807, 2.05) is 37.3 Å². The van der Waals surface area contributed by atoms with Gasteiger partial charge in [0.25, 0.3) is 5.91 Å². The summed E-state index contributed by atoms with van der Waals surface area (Å²) in [6.07, 6.45) is 12.2. The fraction of sp³-hybridized carbons (Fsp3) is 0.575. The number of aromatic nitrogens is 1. The van der Waals surface area contributed by atoms with Gasteiger partial charge in [-0.2, -0.15) is 0 Å². The summed E-state index contributed by atoms with van der Waals surface area (Å²) in [7, 11) is -0.824. The Morgan fingerprint density at radius 2 is 1.84 bits per heavy atom. The van der Waals surface area contributed by atoms with Gasteiger partial charge in [0.1, 0.15) is 35.2 Å². The summed E-state index contributed by atoms with van der Waals surface area (Å²) in [4.78, 5) is 62.1. The van der Waals surface area contributed by atoms with Gasteiger partial charge in [0.15, 0.2) is 0 Å². The standard InChI is InChI=1S/C40H51N5O10S/c1-24-11-9-10-12-25-17-29-31(19-33(25)52-2)41-35(53-3)20-34(29)55-27-18-32-36(46)43-40(38(48)44-56(50,51)28-15-16-28)21-26(40)13-7-5-4-6-8-14-30(37(47)45(32)22-27)42-39(49)54-23-24/h7,10,12-13,17,19-20,24,26-28,30,32H,4-6,8-9,11,14-16,18,21-23H2,1-3H3,(H,42,49)(H,43,46)(H,44,48)/b12-10+,13-7-/t24-,26+,27+,30-,32-,40+/m0/s1. The van der Waals surface area contributed by atoms with Crippen LogP contribution in [-0.2, 0) is 29.1 Å². The van der Waals surface area contributed by atoms with Crippen LogP contribution in [0, 0.1) is 11.8 Å². The molecule has 1 aromatic carbocycles. The number of hydrogen-bond donors (Lipinski definition) is 3. The molecule has 3 N–H and O–H groups in total. The van der Waals surface area contributed by atoms with Crippen molar-refractivity contribution in [2.45, 2.75) is 107 Å². The zero-order valence-electron chi connectivity index (χ0n) is 32.1. The molecule has 1 aromatic heterocycles. The van der Waals surface area contributed by atoms with Crippen molar-refractivity contribution in [1.82, 2.24) is 25.2 Å². The van der Waals surface area contributed by atoms with Gasteiger partial charge in [-0.3, -0.25) is 19.1 Å². The average Bonchev–Trinajstić information content (AvgIpc) is 4.10. The molecule has 0 radical (unpaired) electrons. The Hall–Kier alpha value is -4.86. The van der Waals surface area contributed by atoms with Gasteiger partial charge in [0.2, 0.25) is 27.7 Å². The van der Waals surface area contributed by atoms with Gasteiger partial charge in [0, 0.05) is 35.4 Å². The molecule has 0 unspecified atom stereocenters. The number of methoxy groups -OCH3 is 2. The van der Waals surface area contributed by atoms with Crippen molar-refractivity contribution >= 4 is 50.8 Å². The summed E-state index contributed by atoms with van der Waals surface area (Å²) in [6.45, 7) is 2.11. The number of sulfonamides is 1. The SMILES string of the molecule is COc1cc2c3cc(c(OC)cc3n1)/C=C/CC[C@H](C)COC(=O)N[C@H]1CCCCC/C=C\[C@@H]3C[C@@]3(C(=O)NS(=O)(=O)C3CC3)NC(=O)[C@@H]3C[C@H](CN3C1=O)O2. The van der Waals surface area contributed by atoms with E-state index in [1.165, 1.54) is 12.0 Å². The molecular formula is C40H51N5O10S. The van der Waals surface area contributed by atoms with Crippen molar-refractivity contribution in [2.75, 3.05) is 27.4 Å². The Morgan fingerprint density at radius 1 is 1.02 bits per heavy atom. The van der Waals surface area contributed by atoms with Crippen LogP contribution in [0.5, 0.6) is 17.4 Å². The second-order valence-electron chi connectivity index (χ2n) is 15.6. The summed E-state index contributed by atoms with van der Waals surface area (Å²) in [5.41, 5.74) is -0.171. The largest absolute Gasteiger partial charge is 0.496 e. The van der Waals surface area contributed by atoms with Crippen molar-refractivity contribution in [3.8, 4) is 17.4 Å². The molecule has 2 aliphatic carbocycles. The van der Waals surface area contributed by atoms with Crippen LogP contribution >= 0.6 is 0 Å². The van der Waals surface area contributed by atoms with Crippen molar-refractivity contribution in [2.24, 2.45) is 11.8 Å². The van der Waals surface area contributed by atoms with Crippen LogP contribution in [0.2, 0.25) is 0 Å². The quantitative estimate of drug-likeness (QED) is 0.369. The highest BCUT2D eigenvalue weighted by Crippen LogP contribution is 2.46. The Bertz CT molecular complexity index is 2030. The number of rotatable bonds is 5. The zero-order valence-corrected chi connectivity index (χ0v) is 32.9. The molecule has 2 aromatic rings. The first kappa shape index (κ1) is 39.4. The van der Waals surface area contributed by atoms with E-state index in [-0.39, 0.29) is 37.8 Å². The van der Waals surface area contributed by atoms with Crippen LogP contribution in [0.3, 0.4) is 0 Å². The number of ether oxygens (including phenoxy) is 4. The lowest BCUT2D eigenvalue weighted by Gasteiger charge is -2.29. The minimum Gasteiger partial charge on any atom is -0.496 e. The number of amides is 4. The number of nitrogens with zero attached hydrogens (tertiary/aromatic N) is 2. The zero-order chi connectivity index (χ0) is 39.6. The van der Waals surface area contributed by atoms with E-state index in [0.29, 0.717) is 60.9 Å². The molecule has 3 fully saturated rings. The van der Waals surface area contributed by atoms with Gasteiger partial charge >= 0.3 is 6.09 Å². The third kappa shape index (κ3) is 8.59. The van der Waals surface area contributed by atoms with E-state index < -0.39 is 68.7 Å². The highest BCUT2D eigenvalue weighted by molar-refractivity contribution is 7.91. The van der Waals surface area contributed by atoms with Crippen LogP contribution < -0.4 is 29.6 Å². The number of carbonyl (C=O) groups is 4. The molecular weight excluding hydrogens is 743 g/mol. The van der Waals surface area contributed by atoms with Gasteiger partial charge in [-0.25, -0.2) is 18.2 Å². The molecule has 302 valence electrons. The van der Waals surface area contributed by atoms with Gasteiger partial charge in [0.05, 0.1) is 38.1 Å². The third-order valence-corrected chi connectivity index (χ3v) is 13.2. The maximum Gasteiger partial charge on any atom is 0.407 e. The van der Waals surface area contributed by atoms with E-state index in [2.05, 4.69) is 20.3 Å². The predicted molar refractivity (Wildman–Crippen MR) is 206 cm³/mol. The fourth-order valence-electron chi connectivity index (χ4n) is 7.83. The van der Waals surface area contributed by atoms with E-state index in [4.69, 9.17) is 18.9 Å². The molecule has 6 atom stereocenters. The first-order chi connectivity index (χ1) is 26.9. The lowest BCUT2D eigenvalue weighted by atomic mass is 10.0. The number of hydrogen-bond acceptors (Lipinski definition) is 11. The first-order valence-corrected chi connectivity index (χ1v) is 21.1. The predicted octanol–water partition coefficient (Wildman–Crippen LogP) is 4.14. The van der Waals surface area contributed by atoms with Gasteiger partial charge in [-0.1, -0.05) is 44.1 Å². The van der Waals surface area contributed by atoms with Crippen LogP contribution in [0.1, 0.15) is 83.1 Å². The summed E-state index contributed by atoms with van der Waals surface area (Å²) >= 11 is 0. The van der Waals surface area contributed by atoms with E-state index in [9.17, 15) is 27.6 Å². The second kappa shape index (κ2) is 16.3. The fourth-order valence-corrected chi connectivity index (χ4v) is 9.19. The topological polar surface area (TPSA) is 192 Å². The highest BCUT2D eigenvalue weighted by atomic mass is 32.2. The van der Waals surface area contributed by atoms with Crippen molar-refractivity contribution < 1.29 is 46.5 Å². The highest BCUT2D eigenvalue weighted by Gasteiger charge is 2.62. The second-order valence-corrected chi connectivity index (χ2v) is 17.6. The van der Waals surface area contributed by atoms with Crippen LogP contribution in [-0.4, -0.2) is 98.5 Å². The molecule has 7 rings (SSSR count). The van der Waals surface area contributed by atoms with Crippen molar-refractivity contribution in [3.05, 3.63) is 42.0 Å². The molecule has 16 heteroatoms. The Kier molecular flexibility index (Phi) is 11.5. The first-order valence-electron chi connectivity index (χ1n) is 19.6. The van der Waals surface area contributed by atoms with E-state index in [0.717, 1.165) is 24.8 Å². The number of allylic oxidation sites excluding steroid dienone is 2. The van der Waals surface area contributed by atoms with Crippen LogP contribution in [0.15, 0.2) is 36.4 Å². The number of fused-ring (bicyclic) bond motifs is 4. The minimum absolute atomic E-state index is 0.0190. The molecule has 56 heavy (non-hydrogen) atoms. The number of carbonyl (C=O) groups excluding carboxylic acids is 4. The maximum absolute atomic E-state index is 14.6. The number of alkyl carbamates (subject to hydrolysis) is 1. The number of benzene rings is 1. The molecule has 0 spiro atoms. The molecule has 5 bridgehead atoms. The molecule has 5 aliphatic rings. The van der Waals surface area contributed by atoms with E-state index in [1.54, 1.807) is 19.2 Å². The molecule has 1 saturated heterocycles. The van der Waals surface area contributed by atoms with Crippen LogP contribution in [0.4, 0.5) is 4.79 Å². The number of pyridine rings is 1. The van der Waals surface area contributed by atoms with Crippen molar-refractivity contribution in [1.29, 1.82) is 0 Å². The molecule has 2 saturated carbocycles. The molecule has 4 heterocycles. The number of cyclic esters (lactones) is 1. The monoisotopic (exact) mass is 793 g/mol. The minimum atomic E-state index is -3.90. The Labute approximate surface area is 327 Å². The van der Waals surface area contributed by atoms with Crippen LogP contribution in [0.25, 0.3) is 17.0 Å². The van der Waals surface area contributed by atoms with Gasteiger partial charge in [-0.05, 0) is 63.4 Å². The summed E-state index contributed by atoms with van der Waals surface area (Å²) in [5.74, 6) is -1.00. The smallest absolute Gasteiger partial charge is 0.407 e. The lowest BCUT2D eigenvalue weighted by molar-refractivity contribution is -0.141. The number of nitrogens with one attached hydrogen (secondary N) is 3. The van der Waals surface area contributed by atoms with Gasteiger partial charge in [-0.15, -0.1) is 0 Å². The third-order valence-electron chi connectivity index (χ3n) is 11.4. The molecule has 15 nitrogen and oxygen atoms in total. The average molecular weight is 794 g/mol. The van der Waals surface area contributed by atoms with Gasteiger partial charge < -0.3 is 34.5 Å². The molecule has 4 amide bonds. The Balaban J connectivity index is 1.26. The van der Waals surface area contributed by atoms with Crippen molar-refractivity contribution in [3.63, 3.8) is 0 Å². The lowest BCUT2D eigenvalue weighted by Crippen LogP contribution is -2.58. The summed E-state index contributed by atoms with van der Waals surface area (Å²) < 4.78 is 51.5.